The molecule has 0 aliphatic heterocycles. The zero-order valence-corrected chi connectivity index (χ0v) is 16.8. The summed E-state index contributed by atoms with van der Waals surface area (Å²) in [6.45, 7) is 9.56. The first-order chi connectivity index (χ1) is 12.8. The Balaban J connectivity index is 2.43. The van der Waals surface area contributed by atoms with Gasteiger partial charge in [0.25, 0.3) is 10.0 Å². The molecule has 2 aromatic carbocycles. The number of amides is 1. The fourth-order valence-electron chi connectivity index (χ4n) is 2.55. The number of aryl methyl sites for hydroxylation is 1. The molecule has 0 aliphatic carbocycles. The van der Waals surface area contributed by atoms with E-state index in [0.717, 1.165) is 15.4 Å². The fourth-order valence-corrected chi connectivity index (χ4v) is 3.97. The summed E-state index contributed by atoms with van der Waals surface area (Å²) >= 11 is 0. The number of anilines is 1. The first-order valence-corrected chi connectivity index (χ1v) is 10.3. The standard InChI is InChI=1S/C21H26N2O3S/c1-5-14-22-21(24)15-23(19-10-8-18(9-11-19)16(2)3)27(25,26)20-12-6-17(4)7-13-20/h5-13,16H,1,14-15H2,2-4H3,(H,22,24). The van der Waals surface area contributed by atoms with Gasteiger partial charge in [0.15, 0.2) is 0 Å². The molecule has 27 heavy (non-hydrogen) atoms. The molecule has 2 aromatic rings. The molecule has 2 rings (SSSR count). The van der Waals surface area contributed by atoms with Gasteiger partial charge in [-0.3, -0.25) is 9.10 Å². The van der Waals surface area contributed by atoms with Gasteiger partial charge in [-0.1, -0.05) is 49.8 Å². The maximum Gasteiger partial charge on any atom is 0.264 e. The molecule has 0 saturated heterocycles. The van der Waals surface area contributed by atoms with Crippen LogP contribution in [-0.2, 0) is 14.8 Å². The molecule has 5 nitrogen and oxygen atoms in total. The van der Waals surface area contributed by atoms with Gasteiger partial charge in [0.2, 0.25) is 5.91 Å². The van der Waals surface area contributed by atoms with Crippen molar-refractivity contribution in [1.82, 2.24) is 5.32 Å². The largest absolute Gasteiger partial charge is 0.351 e. The molecule has 6 heteroatoms. The summed E-state index contributed by atoms with van der Waals surface area (Å²) in [5.41, 5.74) is 2.52. The first kappa shape index (κ1) is 20.7. The Labute approximate surface area is 161 Å². The maximum atomic E-state index is 13.2. The Kier molecular flexibility index (Phi) is 6.80. The molecule has 0 atom stereocenters. The Morgan fingerprint density at radius 2 is 1.70 bits per heavy atom. The van der Waals surface area contributed by atoms with Gasteiger partial charge in [-0.25, -0.2) is 8.42 Å². The van der Waals surface area contributed by atoms with Gasteiger partial charge < -0.3 is 5.32 Å². The predicted octanol–water partition coefficient (Wildman–Crippen LogP) is 3.62. The van der Waals surface area contributed by atoms with E-state index in [0.29, 0.717) is 11.6 Å². The number of carbonyl (C=O) groups is 1. The van der Waals surface area contributed by atoms with Crippen LogP contribution < -0.4 is 9.62 Å². The van der Waals surface area contributed by atoms with Crippen molar-refractivity contribution in [3.05, 3.63) is 72.3 Å². The van der Waals surface area contributed by atoms with Gasteiger partial charge in [-0.15, -0.1) is 6.58 Å². The van der Waals surface area contributed by atoms with Crippen LogP contribution in [0.4, 0.5) is 5.69 Å². The zero-order chi connectivity index (χ0) is 20.0. The molecule has 0 radical (unpaired) electrons. The number of nitrogens with zero attached hydrogens (tertiary/aromatic N) is 1. The third-order valence-corrected chi connectivity index (χ3v) is 5.98. The minimum Gasteiger partial charge on any atom is -0.351 e. The number of nitrogens with one attached hydrogen (secondary N) is 1. The minimum absolute atomic E-state index is 0.151. The van der Waals surface area contributed by atoms with Gasteiger partial charge in [0, 0.05) is 6.54 Å². The van der Waals surface area contributed by atoms with E-state index in [1.54, 1.807) is 42.5 Å². The number of sulfonamides is 1. The number of benzene rings is 2. The summed E-state index contributed by atoms with van der Waals surface area (Å²) < 4.78 is 27.5. The molecule has 144 valence electrons. The zero-order valence-electron chi connectivity index (χ0n) is 16.0. The first-order valence-electron chi connectivity index (χ1n) is 8.82. The second-order valence-corrected chi connectivity index (χ2v) is 8.53. The minimum atomic E-state index is -3.88. The highest BCUT2D eigenvalue weighted by Crippen LogP contribution is 2.26. The topological polar surface area (TPSA) is 66.5 Å². The third-order valence-electron chi connectivity index (χ3n) is 4.19. The Bertz CT molecular complexity index is 886. The average molecular weight is 387 g/mol. The van der Waals surface area contributed by atoms with E-state index in [1.807, 2.05) is 19.1 Å². The molecule has 0 saturated carbocycles. The van der Waals surface area contributed by atoms with Crippen molar-refractivity contribution in [1.29, 1.82) is 0 Å². The van der Waals surface area contributed by atoms with E-state index in [2.05, 4.69) is 25.7 Å². The lowest BCUT2D eigenvalue weighted by molar-refractivity contribution is -0.119. The summed E-state index contributed by atoms with van der Waals surface area (Å²) in [5, 5.41) is 2.63. The number of hydrogen-bond acceptors (Lipinski definition) is 3. The lowest BCUT2D eigenvalue weighted by Gasteiger charge is -2.24. The lowest BCUT2D eigenvalue weighted by Crippen LogP contribution is -2.41. The monoisotopic (exact) mass is 386 g/mol. The van der Waals surface area contributed by atoms with E-state index >= 15 is 0 Å². The predicted molar refractivity (Wildman–Crippen MR) is 109 cm³/mol. The Morgan fingerprint density at radius 3 is 2.22 bits per heavy atom. The summed E-state index contributed by atoms with van der Waals surface area (Å²) in [4.78, 5) is 12.4. The summed E-state index contributed by atoms with van der Waals surface area (Å²) in [5.74, 6) is -0.0596. The van der Waals surface area contributed by atoms with Crippen LogP contribution in [0.5, 0.6) is 0 Å². The number of hydrogen-bond donors (Lipinski definition) is 1. The third kappa shape index (κ3) is 5.20. The summed E-state index contributed by atoms with van der Waals surface area (Å²) in [7, 11) is -3.88. The SMILES string of the molecule is C=CCNC(=O)CN(c1ccc(C(C)C)cc1)S(=O)(=O)c1ccc(C)cc1. The molecule has 1 N–H and O–H groups in total. The van der Waals surface area contributed by atoms with Crippen molar-refractivity contribution in [2.75, 3.05) is 17.4 Å². The average Bonchev–Trinajstić information content (AvgIpc) is 2.64. The van der Waals surface area contributed by atoms with E-state index in [1.165, 1.54) is 0 Å². The second-order valence-electron chi connectivity index (χ2n) is 6.66. The maximum absolute atomic E-state index is 13.2. The van der Waals surface area contributed by atoms with Crippen molar-refractivity contribution < 1.29 is 13.2 Å². The lowest BCUT2D eigenvalue weighted by atomic mass is 10.0. The van der Waals surface area contributed by atoms with Crippen molar-refractivity contribution in [3.63, 3.8) is 0 Å². The van der Waals surface area contributed by atoms with Crippen molar-refractivity contribution in [2.45, 2.75) is 31.6 Å². The van der Waals surface area contributed by atoms with Gasteiger partial charge in [-0.2, -0.15) is 0 Å². The van der Waals surface area contributed by atoms with E-state index in [9.17, 15) is 13.2 Å². The van der Waals surface area contributed by atoms with Crippen LogP contribution in [0.15, 0.2) is 66.1 Å². The molecule has 0 aliphatic rings. The van der Waals surface area contributed by atoms with Crippen LogP contribution in [-0.4, -0.2) is 27.4 Å². The molecule has 0 heterocycles. The van der Waals surface area contributed by atoms with E-state index in [4.69, 9.17) is 0 Å². The second kappa shape index (κ2) is 8.86. The van der Waals surface area contributed by atoms with Gasteiger partial charge in [0.05, 0.1) is 10.6 Å². The Hall–Kier alpha value is -2.60. The number of rotatable bonds is 8. The summed E-state index contributed by atoms with van der Waals surface area (Å²) in [6.07, 6.45) is 1.55. The smallest absolute Gasteiger partial charge is 0.264 e. The molecule has 0 aromatic heterocycles. The highest BCUT2D eigenvalue weighted by Gasteiger charge is 2.27. The van der Waals surface area contributed by atoms with Crippen molar-refractivity contribution >= 4 is 21.6 Å². The van der Waals surface area contributed by atoms with Crippen LogP contribution in [0.3, 0.4) is 0 Å². The highest BCUT2D eigenvalue weighted by atomic mass is 32.2. The fraction of sp³-hybridized carbons (Fsp3) is 0.286. The quantitative estimate of drug-likeness (QED) is 0.705. The van der Waals surface area contributed by atoms with E-state index < -0.39 is 15.9 Å². The molecular weight excluding hydrogens is 360 g/mol. The van der Waals surface area contributed by atoms with Gasteiger partial charge in [0.1, 0.15) is 6.54 Å². The number of carbonyl (C=O) groups excluding carboxylic acids is 1. The van der Waals surface area contributed by atoms with Crippen molar-refractivity contribution in [3.8, 4) is 0 Å². The van der Waals surface area contributed by atoms with Crippen LogP contribution in [0, 0.1) is 6.92 Å². The molecule has 0 bridgehead atoms. The van der Waals surface area contributed by atoms with Crippen LogP contribution in [0.2, 0.25) is 0 Å². The van der Waals surface area contributed by atoms with Gasteiger partial charge >= 0.3 is 0 Å². The van der Waals surface area contributed by atoms with E-state index in [-0.39, 0.29) is 18.0 Å². The molecule has 0 fully saturated rings. The van der Waals surface area contributed by atoms with Gasteiger partial charge in [-0.05, 0) is 42.7 Å². The molecule has 0 spiro atoms. The van der Waals surface area contributed by atoms with Crippen LogP contribution in [0.25, 0.3) is 0 Å². The van der Waals surface area contributed by atoms with Crippen LogP contribution in [0.1, 0.15) is 30.9 Å². The molecular formula is C21H26N2O3S. The van der Waals surface area contributed by atoms with Crippen LogP contribution >= 0.6 is 0 Å². The van der Waals surface area contributed by atoms with Crippen molar-refractivity contribution in [2.24, 2.45) is 0 Å². The normalized spacial score (nSPS) is 11.3. The molecule has 1 amide bonds. The highest BCUT2D eigenvalue weighted by molar-refractivity contribution is 7.92. The molecule has 0 unspecified atom stereocenters. The Morgan fingerprint density at radius 1 is 1.11 bits per heavy atom. The summed E-state index contributed by atoms with van der Waals surface area (Å²) in [6, 6.07) is 13.8.